The molecule has 3 aromatic carbocycles. The summed E-state index contributed by atoms with van der Waals surface area (Å²) in [5.74, 6) is 0.960. The van der Waals surface area contributed by atoms with Gasteiger partial charge in [0.25, 0.3) is 0 Å². The van der Waals surface area contributed by atoms with Crippen LogP contribution in [0.1, 0.15) is 52.2 Å². The normalized spacial score (nSPS) is 11.9. The molecule has 0 fully saturated rings. The van der Waals surface area contributed by atoms with E-state index in [-0.39, 0.29) is 23.4 Å². The van der Waals surface area contributed by atoms with Gasteiger partial charge >= 0.3 is 0 Å². The van der Waals surface area contributed by atoms with Crippen molar-refractivity contribution in [3.63, 3.8) is 0 Å². The second-order valence-electron chi connectivity index (χ2n) is 9.51. The highest BCUT2D eigenvalue weighted by molar-refractivity contribution is 5.87. The molecule has 29 heavy (non-hydrogen) atoms. The number of benzene rings is 3. The fourth-order valence-corrected chi connectivity index (χ4v) is 4.08. The lowest BCUT2D eigenvalue weighted by atomic mass is 9.81. The van der Waals surface area contributed by atoms with Gasteiger partial charge in [-0.05, 0) is 48.1 Å². The highest BCUT2D eigenvalue weighted by atomic mass is 35.5. The number of fused-ring (bicyclic) bond motifs is 1. The largest absolute Gasteiger partial charge is 0.489 e. The van der Waals surface area contributed by atoms with Gasteiger partial charge in [-0.25, -0.2) is 0 Å². The number of hydrogen-bond acceptors (Lipinski definition) is 2. The van der Waals surface area contributed by atoms with Crippen molar-refractivity contribution in [2.24, 2.45) is 5.41 Å². The minimum atomic E-state index is 0. The Morgan fingerprint density at radius 1 is 0.793 bits per heavy atom. The van der Waals surface area contributed by atoms with Crippen LogP contribution in [-0.2, 0) is 13.2 Å². The second kappa shape index (κ2) is 9.65. The summed E-state index contributed by atoms with van der Waals surface area (Å²) in [6.07, 6.45) is 1.10. The van der Waals surface area contributed by atoms with Crippen molar-refractivity contribution in [3.05, 3.63) is 77.9 Å². The molecule has 1 N–H and O–H groups in total. The van der Waals surface area contributed by atoms with Crippen LogP contribution < -0.4 is 10.1 Å². The minimum Gasteiger partial charge on any atom is -0.489 e. The lowest BCUT2D eigenvalue weighted by Crippen LogP contribution is -2.41. The molecule has 0 atom stereocenters. The van der Waals surface area contributed by atoms with E-state index < -0.39 is 0 Å². The Morgan fingerprint density at radius 2 is 1.45 bits per heavy atom. The number of nitrogens with one attached hydrogen (secondary N) is 1. The average molecular weight is 412 g/mol. The molecule has 3 rings (SSSR count). The van der Waals surface area contributed by atoms with E-state index in [4.69, 9.17) is 4.74 Å². The predicted molar refractivity (Wildman–Crippen MR) is 127 cm³/mol. The van der Waals surface area contributed by atoms with Crippen LogP contribution in [0.4, 0.5) is 0 Å². The standard InChI is InChI=1S/C26H33NO.ClH/c1-25(2,3)19-26(4,5)27-17-23-22-14-10-9-13-21(22)15-16-24(23)28-18-20-11-7-6-8-12-20;/h6-16,27H,17-19H2,1-5H3;1H. The summed E-state index contributed by atoms with van der Waals surface area (Å²) < 4.78 is 6.26. The molecule has 156 valence electrons. The molecule has 0 aliphatic carbocycles. The maximum absolute atomic E-state index is 6.26. The molecular formula is C26H34ClNO. The summed E-state index contributed by atoms with van der Waals surface area (Å²) in [5.41, 5.74) is 2.74. The zero-order valence-corrected chi connectivity index (χ0v) is 19.1. The SMILES string of the molecule is CC(C)(C)CC(C)(C)NCc1c(OCc2ccccc2)ccc2ccccc12.Cl. The maximum atomic E-state index is 6.26. The van der Waals surface area contributed by atoms with Gasteiger partial charge in [-0.15, -0.1) is 12.4 Å². The van der Waals surface area contributed by atoms with Crippen LogP contribution in [0.5, 0.6) is 5.75 Å². The molecule has 0 amide bonds. The van der Waals surface area contributed by atoms with E-state index in [9.17, 15) is 0 Å². The highest BCUT2D eigenvalue weighted by Gasteiger charge is 2.25. The van der Waals surface area contributed by atoms with Crippen LogP contribution in [0, 0.1) is 5.41 Å². The quantitative estimate of drug-likeness (QED) is 0.445. The van der Waals surface area contributed by atoms with Crippen LogP contribution in [0.25, 0.3) is 10.8 Å². The molecule has 0 aliphatic heterocycles. The van der Waals surface area contributed by atoms with Gasteiger partial charge in [0.15, 0.2) is 0 Å². The summed E-state index contributed by atoms with van der Waals surface area (Å²) in [4.78, 5) is 0. The Morgan fingerprint density at radius 3 is 2.14 bits per heavy atom. The van der Waals surface area contributed by atoms with Crippen LogP contribution >= 0.6 is 12.4 Å². The zero-order valence-electron chi connectivity index (χ0n) is 18.3. The van der Waals surface area contributed by atoms with Crippen molar-refractivity contribution in [1.29, 1.82) is 0 Å². The van der Waals surface area contributed by atoms with E-state index in [1.54, 1.807) is 0 Å². The summed E-state index contributed by atoms with van der Waals surface area (Å²) in [6, 6.07) is 23.2. The van der Waals surface area contributed by atoms with E-state index in [0.717, 1.165) is 18.7 Å². The van der Waals surface area contributed by atoms with Crippen LogP contribution in [0.2, 0.25) is 0 Å². The van der Waals surface area contributed by atoms with Gasteiger partial charge in [0.1, 0.15) is 12.4 Å². The number of ether oxygens (including phenoxy) is 1. The Kier molecular flexibility index (Phi) is 7.73. The number of halogens is 1. The van der Waals surface area contributed by atoms with Crippen LogP contribution in [0.15, 0.2) is 66.7 Å². The van der Waals surface area contributed by atoms with Gasteiger partial charge in [-0.3, -0.25) is 0 Å². The Labute approximate surface area is 182 Å². The summed E-state index contributed by atoms with van der Waals surface area (Å²) in [7, 11) is 0. The fourth-order valence-electron chi connectivity index (χ4n) is 4.08. The average Bonchev–Trinajstić information content (AvgIpc) is 2.63. The first kappa shape index (κ1) is 23.3. The van der Waals surface area contributed by atoms with Crippen molar-refractivity contribution < 1.29 is 4.74 Å². The first-order valence-corrected chi connectivity index (χ1v) is 10.2. The highest BCUT2D eigenvalue weighted by Crippen LogP contribution is 2.31. The van der Waals surface area contributed by atoms with Gasteiger partial charge < -0.3 is 10.1 Å². The first-order chi connectivity index (χ1) is 13.2. The van der Waals surface area contributed by atoms with E-state index in [0.29, 0.717) is 6.61 Å². The molecule has 0 saturated carbocycles. The van der Waals surface area contributed by atoms with Gasteiger partial charge in [0.2, 0.25) is 0 Å². The molecule has 0 spiro atoms. The topological polar surface area (TPSA) is 21.3 Å². The van der Waals surface area contributed by atoms with Crippen molar-refractivity contribution >= 4 is 23.2 Å². The first-order valence-electron chi connectivity index (χ1n) is 10.2. The molecule has 3 heteroatoms. The fraction of sp³-hybridized carbons (Fsp3) is 0.385. The van der Waals surface area contributed by atoms with Crippen molar-refractivity contribution in [2.75, 3.05) is 0 Å². The third-order valence-electron chi connectivity index (χ3n) is 4.95. The lowest BCUT2D eigenvalue weighted by molar-refractivity contribution is 0.239. The minimum absolute atomic E-state index is 0. The van der Waals surface area contributed by atoms with Gasteiger partial charge in [-0.2, -0.15) is 0 Å². The summed E-state index contributed by atoms with van der Waals surface area (Å²) in [6.45, 7) is 12.8. The lowest BCUT2D eigenvalue weighted by Gasteiger charge is -2.34. The molecule has 0 unspecified atom stereocenters. The number of rotatable bonds is 7. The molecule has 0 bridgehead atoms. The molecular weight excluding hydrogens is 378 g/mol. The molecule has 0 saturated heterocycles. The van der Waals surface area contributed by atoms with Gasteiger partial charge in [0.05, 0.1) is 0 Å². The Bertz CT molecular complexity index is 913. The summed E-state index contributed by atoms with van der Waals surface area (Å²) in [5, 5.41) is 6.29. The van der Waals surface area contributed by atoms with Gasteiger partial charge in [0, 0.05) is 17.6 Å². The molecule has 2 nitrogen and oxygen atoms in total. The van der Waals surface area contributed by atoms with E-state index in [2.05, 4.69) is 101 Å². The van der Waals surface area contributed by atoms with Crippen molar-refractivity contribution in [2.45, 2.75) is 59.7 Å². The summed E-state index contributed by atoms with van der Waals surface area (Å²) >= 11 is 0. The molecule has 0 radical (unpaired) electrons. The van der Waals surface area contributed by atoms with Crippen molar-refractivity contribution in [3.8, 4) is 5.75 Å². The second-order valence-corrected chi connectivity index (χ2v) is 9.51. The predicted octanol–water partition coefficient (Wildman–Crippen LogP) is 7.15. The zero-order chi connectivity index (χ0) is 20.2. The Balaban J connectivity index is 0.00000300. The van der Waals surface area contributed by atoms with Gasteiger partial charge in [-0.1, -0.05) is 81.4 Å². The van der Waals surface area contributed by atoms with E-state index in [1.165, 1.54) is 21.9 Å². The molecule has 0 aromatic heterocycles. The third kappa shape index (κ3) is 6.76. The van der Waals surface area contributed by atoms with Crippen LogP contribution in [0.3, 0.4) is 0 Å². The van der Waals surface area contributed by atoms with Crippen molar-refractivity contribution in [1.82, 2.24) is 5.32 Å². The molecule has 0 heterocycles. The van der Waals surface area contributed by atoms with E-state index in [1.807, 2.05) is 6.07 Å². The Hall–Kier alpha value is -2.03. The van der Waals surface area contributed by atoms with Crippen LogP contribution in [-0.4, -0.2) is 5.54 Å². The number of hydrogen-bond donors (Lipinski definition) is 1. The smallest absolute Gasteiger partial charge is 0.124 e. The third-order valence-corrected chi connectivity index (χ3v) is 4.95. The molecule has 3 aromatic rings. The maximum Gasteiger partial charge on any atom is 0.124 e. The molecule has 0 aliphatic rings. The van der Waals surface area contributed by atoms with E-state index >= 15 is 0 Å². The monoisotopic (exact) mass is 411 g/mol.